The Morgan fingerprint density at radius 2 is 2.37 bits per heavy atom. The lowest BCUT2D eigenvalue weighted by Crippen LogP contribution is -2.39. The van der Waals surface area contributed by atoms with Crippen LogP contribution in [0.3, 0.4) is 0 Å². The van der Waals surface area contributed by atoms with Gasteiger partial charge in [0.1, 0.15) is 5.52 Å². The van der Waals surface area contributed by atoms with Gasteiger partial charge < -0.3 is 10.0 Å². The highest BCUT2D eigenvalue weighted by Crippen LogP contribution is 2.25. The molecule has 0 aliphatic carbocycles. The number of piperidine rings is 1. The largest absolute Gasteiger partial charge is 0.481 e. The molecule has 0 spiro atoms. The minimum Gasteiger partial charge on any atom is -0.481 e. The van der Waals surface area contributed by atoms with Crippen LogP contribution in [-0.2, 0) is 4.79 Å². The Hall–Kier alpha value is -2.18. The van der Waals surface area contributed by atoms with Gasteiger partial charge in [-0.2, -0.15) is 0 Å². The number of carbonyl (C=O) groups is 1. The smallest absolute Gasteiger partial charge is 0.308 e. The van der Waals surface area contributed by atoms with Crippen molar-refractivity contribution < 1.29 is 9.90 Å². The highest BCUT2D eigenvalue weighted by molar-refractivity contribution is 5.73. The van der Waals surface area contributed by atoms with Gasteiger partial charge in [0.05, 0.1) is 24.0 Å². The van der Waals surface area contributed by atoms with Crippen molar-refractivity contribution in [3.63, 3.8) is 0 Å². The molecule has 19 heavy (non-hydrogen) atoms. The number of hydrogen-bond donors (Lipinski definition) is 1. The summed E-state index contributed by atoms with van der Waals surface area (Å²) in [5.41, 5.74) is 1.65. The van der Waals surface area contributed by atoms with Crippen LogP contribution >= 0.6 is 0 Å². The third-order valence-corrected chi connectivity index (χ3v) is 3.47. The maximum atomic E-state index is 11.1. The van der Waals surface area contributed by atoms with Crippen LogP contribution in [0.25, 0.3) is 5.52 Å². The zero-order valence-electron chi connectivity index (χ0n) is 10.7. The molecule has 3 rings (SSSR count). The predicted octanol–water partition coefficient (Wildman–Crippen LogP) is 0.734. The maximum Gasteiger partial charge on any atom is 0.308 e. The van der Waals surface area contributed by atoms with Gasteiger partial charge in [0.15, 0.2) is 5.82 Å². The van der Waals surface area contributed by atoms with E-state index >= 15 is 0 Å². The molecule has 0 unspecified atom stereocenters. The predicted molar refractivity (Wildman–Crippen MR) is 68.1 cm³/mol. The average Bonchev–Trinajstić information content (AvgIpc) is 2.85. The Kier molecular flexibility index (Phi) is 2.81. The van der Waals surface area contributed by atoms with Gasteiger partial charge in [-0.25, -0.2) is 9.50 Å². The SMILES string of the molecule is Cc1cn2nncc2c(N2CCC[C@@H](C(=O)O)C2)n1. The number of aromatic nitrogens is 4. The monoisotopic (exact) mass is 261 g/mol. The van der Waals surface area contributed by atoms with Gasteiger partial charge in [-0.1, -0.05) is 5.21 Å². The van der Waals surface area contributed by atoms with E-state index in [9.17, 15) is 4.79 Å². The summed E-state index contributed by atoms with van der Waals surface area (Å²) >= 11 is 0. The van der Waals surface area contributed by atoms with Crippen molar-refractivity contribution in [3.05, 3.63) is 18.1 Å². The molecular formula is C12H15N5O2. The summed E-state index contributed by atoms with van der Waals surface area (Å²) in [7, 11) is 0. The molecule has 7 heteroatoms. The maximum absolute atomic E-state index is 11.1. The van der Waals surface area contributed by atoms with E-state index in [1.165, 1.54) is 0 Å². The molecular weight excluding hydrogens is 246 g/mol. The zero-order chi connectivity index (χ0) is 13.4. The molecule has 2 aromatic rings. The minimum atomic E-state index is -0.736. The number of carboxylic acids is 1. The van der Waals surface area contributed by atoms with Gasteiger partial charge in [0, 0.05) is 13.1 Å². The van der Waals surface area contributed by atoms with E-state index in [1.54, 1.807) is 10.7 Å². The summed E-state index contributed by atoms with van der Waals surface area (Å²) < 4.78 is 1.68. The molecule has 7 nitrogen and oxygen atoms in total. The van der Waals surface area contributed by atoms with Gasteiger partial charge in [-0.3, -0.25) is 4.79 Å². The fourth-order valence-electron chi connectivity index (χ4n) is 2.53. The van der Waals surface area contributed by atoms with E-state index in [-0.39, 0.29) is 5.92 Å². The van der Waals surface area contributed by atoms with Crippen LogP contribution in [0, 0.1) is 12.8 Å². The number of fused-ring (bicyclic) bond motifs is 1. The first-order valence-electron chi connectivity index (χ1n) is 6.30. The van der Waals surface area contributed by atoms with E-state index in [0.29, 0.717) is 6.54 Å². The third kappa shape index (κ3) is 2.11. The Bertz CT molecular complexity index is 624. The molecule has 1 atom stereocenters. The van der Waals surface area contributed by atoms with Gasteiger partial charge >= 0.3 is 5.97 Å². The first-order chi connectivity index (χ1) is 9.15. The van der Waals surface area contributed by atoms with E-state index in [2.05, 4.69) is 15.3 Å². The lowest BCUT2D eigenvalue weighted by molar-refractivity contribution is -0.141. The fourth-order valence-corrected chi connectivity index (χ4v) is 2.53. The summed E-state index contributed by atoms with van der Waals surface area (Å²) in [6.07, 6.45) is 5.06. The van der Waals surface area contributed by atoms with E-state index in [4.69, 9.17) is 5.11 Å². The Labute approximate surface area is 109 Å². The zero-order valence-corrected chi connectivity index (χ0v) is 10.7. The first-order valence-corrected chi connectivity index (χ1v) is 6.30. The van der Waals surface area contributed by atoms with Crippen LogP contribution in [0.15, 0.2) is 12.4 Å². The van der Waals surface area contributed by atoms with Crippen LogP contribution in [0.2, 0.25) is 0 Å². The topological polar surface area (TPSA) is 83.6 Å². The van der Waals surface area contributed by atoms with E-state index in [0.717, 1.165) is 36.4 Å². The van der Waals surface area contributed by atoms with Gasteiger partial charge in [0.2, 0.25) is 0 Å². The van der Waals surface area contributed by atoms with Gasteiger partial charge in [-0.15, -0.1) is 5.10 Å². The molecule has 0 radical (unpaired) electrons. The van der Waals surface area contributed by atoms with Crippen LogP contribution in [0.5, 0.6) is 0 Å². The first kappa shape index (κ1) is 11.9. The molecule has 0 aromatic carbocycles. The molecule has 1 aliphatic heterocycles. The Morgan fingerprint density at radius 1 is 1.53 bits per heavy atom. The number of aryl methyl sites for hydroxylation is 1. The van der Waals surface area contributed by atoms with Crippen LogP contribution < -0.4 is 4.90 Å². The summed E-state index contributed by atoms with van der Waals surface area (Å²) in [5.74, 6) is -0.289. The number of rotatable bonds is 2. The minimum absolute atomic E-state index is 0.327. The molecule has 0 saturated carbocycles. The fraction of sp³-hybridized carbons (Fsp3) is 0.500. The second-order valence-electron chi connectivity index (χ2n) is 4.89. The number of hydrogen-bond acceptors (Lipinski definition) is 5. The molecule has 0 amide bonds. The molecule has 0 bridgehead atoms. The number of aliphatic carboxylic acids is 1. The standard InChI is InChI=1S/C12H15N5O2/c1-8-6-17-10(5-13-15-17)11(14-8)16-4-2-3-9(7-16)12(18)19/h5-6,9H,2-4,7H2,1H3,(H,18,19)/t9-/m1/s1. The molecule has 1 saturated heterocycles. The second kappa shape index (κ2) is 4.49. The van der Waals surface area contributed by atoms with Crippen molar-refractivity contribution in [3.8, 4) is 0 Å². The Morgan fingerprint density at radius 3 is 3.16 bits per heavy atom. The van der Waals surface area contributed by atoms with Gasteiger partial charge in [-0.05, 0) is 19.8 Å². The summed E-state index contributed by atoms with van der Waals surface area (Å²) in [6.45, 7) is 3.21. The van der Waals surface area contributed by atoms with Crippen LogP contribution in [0.4, 0.5) is 5.82 Å². The van der Waals surface area contributed by atoms with Crippen molar-refractivity contribution in [1.82, 2.24) is 19.8 Å². The lowest BCUT2D eigenvalue weighted by atomic mass is 9.98. The third-order valence-electron chi connectivity index (χ3n) is 3.47. The second-order valence-corrected chi connectivity index (χ2v) is 4.89. The van der Waals surface area contributed by atoms with Gasteiger partial charge in [0.25, 0.3) is 0 Å². The Balaban J connectivity index is 1.99. The number of carboxylic acid groups (broad SMARTS) is 1. The molecule has 1 aliphatic rings. The van der Waals surface area contributed by atoms with Crippen LogP contribution in [0.1, 0.15) is 18.5 Å². The highest BCUT2D eigenvalue weighted by atomic mass is 16.4. The van der Waals surface area contributed by atoms with E-state index < -0.39 is 5.97 Å². The molecule has 3 heterocycles. The van der Waals surface area contributed by atoms with E-state index in [1.807, 2.05) is 18.0 Å². The van der Waals surface area contributed by atoms with Crippen molar-refractivity contribution >= 4 is 17.3 Å². The molecule has 2 aromatic heterocycles. The molecule has 1 fully saturated rings. The van der Waals surface area contributed by atoms with Crippen LogP contribution in [-0.4, -0.2) is 44.0 Å². The highest BCUT2D eigenvalue weighted by Gasteiger charge is 2.27. The number of anilines is 1. The molecule has 1 N–H and O–H groups in total. The summed E-state index contributed by atoms with van der Waals surface area (Å²) in [5, 5.41) is 17.0. The van der Waals surface area contributed by atoms with Crippen molar-refractivity contribution in [2.75, 3.05) is 18.0 Å². The lowest BCUT2D eigenvalue weighted by Gasteiger charge is -2.31. The normalized spacial score (nSPS) is 19.8. The van der Waals surface area contributed by atoms with Crippen molar-refractivity contribution in [1.29, 1.82) is 0 Å². The summed E-state index contributed by atoms with van der Waals surface area (Å²) in [4.78, 5) is 17.7. The summed E-state index contributed by atoms with van der Waals surface area (Å²) in [6, 6.07) is 0. The van der Waals surface area contributed by atoms with Crippen molar-refractivity contribution in [2.24, 2.45) is 5.92 Å². The average molecular weight is 261 g/mol. The quantitative estimate of drug-likeness (QED) is 0.858. The number of nitrogens with zero attached hydrogens (tertiary/aromatic N) is 5. The van der Waals surface area contributed by atoms with Crippen molar-refractivity contribution in [2.45, 2.75) is 19.8 Å². The molecule has 100 valence electrons.